The summed E-state index contributed by atoms with van der Waals surface area (Å²) >= 11 is 0. The SMILES string of the molecule is CC1CCCC(C(N)c2ccccc2)(N(C)C)C1. The Bertz CT molecular complexity index is 374. The quantitative estimate of drug-likeness (QED) is 0.887. The Morgan fingerprint density at radius 1 is 1.28 bits per heavy atom. The third kappa shape index (κ3) is 2.45. The van der Waals surface area contributed by atoms with Crippen LogP contribution in [-0.4, -0.2) is 24.5 Å². The van der Waals surface area contributed by atoms with E-state index in [1.54, 1.807) is 0 Å². The fourth-order valence-electron chi connectivity index (χ4n) is 3.50. The van der Waals surface area contributed by atoms with Crippen molar-refractivity contribution in [3.63, 3.8) is 0 Å². The molecule has 1 aliphatic rings. The molecule has 0 amide bonds. The van der Waals surface area contributed by atoms with Crippen molar-refractivity contribution in [2.75, 3.05) is 14.1 Å². The van der Waals surface area contributed by atoms with Crippen LogP contribution in [0.5, 0.6) is 0 Å². The average Bonchev–Trinajstić information content (AvgIpc) is 2.38. The van der Waals surface area contributed by atoms with Crippen LogP contribution < -0.4 is 5.73 Å². The average molecular weight is 246 g/mol. The van der Waals surface area contributed by atoms with Crippen LogP contribution >= 0.6 is 0 Å². The van der Waals surface area contributed by atoms with Crippen LogP contribution in [0.4, 0.5) is 0 Å². The normalized spacial score (nSPS) is 30.4. The van der Waals surface area contributed by atoms with Crippen molar-refractivity contribution in [2.45, 2.75) is 44.2 Å². The molecular weight excluding hydrogens is 220 g/mol. The zero-order valence-corrected chi connectivity index (χ0v) is 11.9. The lowest BCUT2D eigenvalue weighted by atomic mass is 9.70. The molecule has 2 nitrogen and oxygen atoms in total. The van der Waals surface area contributed by atoms with E-state index < -0.39 is 0 Å². The van der Waals surface area contributed by atoms with Gasteiger partial charge in [-0.05, 0) is 38.4 Å². The lowest BCUT2D eigenvalue weighted by Gasteiger charge is -2.49. The summed E-state index contributed by atoms with van der Waals surface area (Å²) in [5, 5.41) is 0. The smallest absolute Gasteiger partial charge is 0.0482 e. The van der Waals surface area contributed by atoms with Crippen molar-refractivity contribution in [1.29, 1.82) is 0 Å². The van der Waals surface area contributed by atoms with Gasteiger partial charge in [0.2, 0.25) is 0 Å². The second kappa shape index (κ2) is 5.41. The monoisotopic (exact) mass is 246 g/mol. The molecular formula is C16H26N2. The molecule has 100 valence electrons. The number of hydrogen-bond donors (Lipinski definition) is 1. The predicted octanol–water partition coefficient (Wildman–Crippen LogP) is 3.20. The first-order chi connectivity index (χ1) is 8.56. The minimum Gasteiger partial charge on any atom is -0.322 e. The van der Waals surface area contributed by atoms with Crippen LogP contribution in [0.1, 0.15) is 44.2 Å². The van der Waals surface area contributed by atoms with Gasteiger partial charge in [0.15, 0.2) is 0 Å². The minimum atomic E-state index is 0.108. The van der Waals surface area contributed by atoms with Gasteiger partial charge < -0.3 is 10.6 Å². The summed E-state index contributed by atoms with van der Waals surface area (Å²) in [5.74, 6) is 0.774. The first-order valence-electron chi connectivity index (χ1n) is 7.04. The molecule has 3 atom stereocenters. The third-order valence-electron chi connectivity index (χ3n) is 4.64. The molecule has 0 aliphatic heterocycles. The molecule has 0 radical (unpaired) electrons. The molecule has 2 N–H and O–H groups in total. The van der Waals surface area contributed by atoms with Gasteiger partial charge in [-0.15, -0.1) is 0 Å². The molecule has 1 fully saturated rings. The molecule has 0 bridgehead atoms. The lowest BCUT2D eigenvalue weighted by molar-refractivity contribution is 0.0499. The van der Waals surface area contributed by atoms with Crippen LogP contribution in [0.15, 0.2) is 30.3 Å². The van der Waals surface area contributed by atoms with Crippen molar-refractivity contribution in [3.05, 3.63) is 35.9 Å². The summed E-state index contributed by atoms with van der Waals surface area (Å²) in [6.07, 6.45) is 5.05. The van der Waals surface area contributed by atoms with Crippen LogP contribution in [0, 0.1) is 5.92 Å². The Labute approximate surface area is 111 Å². The Hall–Kier alpha value is -0.860. The van der Waals surface area contributed by atoms with Gasteiger partial charge in [-0.2, -0.15) is 0 Å². The zero-order valence-electron chi connectivity index (χ0n) is 11.9. The Kier molecular flexibility index (Phi) is 4.08. The minimum absolute atomic E-state index is 0.108. The molecule has 2 rings (SSSR count). The second-order valence-corrected chi connectivity index (χ2v) is 6.09. The summed E-state index contributed by atoms with van der Waals surface area (Å²) in [4.78, 5) is 2.36. The molecule has 1 aliphatic carbocycles. The number of benzene rings is 1. The molecule has 1 aromatic rings. The zero-order chi connectivity index (χ0) is 13.2. The fraction of sp³-hybridized carbons (Fsp3) is 0.625. The molecule has 18 heavy (non-hydrogen) atoms. The Balaban J connectivity index is 2.30. The first kappa shape index (κ1) is 13.6. The largest absolute Gasteiger partial charge is 0.322 e. The summed E-state index contributed by atoms with van der Waals surface area (Å²) < 4.78 is 0. The molecule has 0 aromatic heterocycles. The van der Waals surface area contributed by atoms with Crippen LogP contribution in [0.3, 0.4) is 0 Å². The first-order valence-corrected chi connectivity index (χ1v) is 7.04. The van der Waals surface area contributed by atoms with Gasteiger partial charge in [-0.3, -0.25) is 0 Å². The molecule has 0 spiro atoms. The van der Waals surface area contributed by atoms with E-state index in [0.29, 0.717) is 0 Å². The highest BCUT2D eigenvalue weighted by Gasteiger charge is 2.42. The number of hydrogen-bond acceptors (Lipinski definition) is 2. The number of likely N-dealkylation sites (N-methyl/N-ethyl adjacent to an activating group) is 1. The van der Waals surface area contributed by atoms with E-state index in [2.05, 4.69) is 56.3 Å². The van der Waals surface area contributed by atoms with Crippen LogP contribution in [0.2, 0.25) is 0 Å². The highest BCUT2D eigenvalue weighted by Crippen LogP contribution is 2.42. The standard InChI is InChI=1S/C16H26N2/c1-13-8-7-11-16(12-13,18(2)3)15(17)14-9-5-4-6-10-14/h4-6,9-10,13,15H,7-8,11-12,17H2,1-3H3. The van der Waals surface area contributed by atoms with E-state index in [9.17, 15) is 0 Å². The van der Waals surface area contributed by atoms with Gasteiger partial charge in [-0.25, -0.2) is 0 Å². The maximum atomic E-state index is 6.63. The van der Waals surface area contributed by atoms with Gasteiger partial charge in [0, 0.05) is 11.6 Å². The van der Waals surface area contributed by atoms with Gasteiger partial charge in [0.25, 0.3) is 0 Å². The van der Waals surface area contributed by atoms with E-state index in [0.717, 1.165) is 5.92 Å². The van der Waals surface area contributed by atoms with Crippen LogP contribution in [0.25, 0.3) is 0 Å². The summed E-state index contributed by atoms with van der Waals surface area (Å²) in [7, 11) is 4.36. The van der Waals surface area contributed by atoms with E-state index >= 15 is 0 Å². The maximum Gasteiger partial charge on any atom is 0.0482 e. The van der Waals surface area contributed by atoms with Gasteiger partial charge >= 0.3 is 0 Å². The predicted molar refractivity (Wildman–Crippen MR) is 77.4 cm³/mol. The van der Waals surface area contributed by atoms with Gasteiger partial charge in [-0.1, -0.05) is 50.1 Å². The van der Waals surface area contributed by atoms with Crippen molar-refractivity contribution in [3.8, 4) is 0 Å². The molecule has 2 heteroatoms. The maximum absolute atomic E-state index is 6.63. The second-order valence-electron chi connectivity index (χ2n) is 6.09. The highest BCUT2D eigenvalue weighted by molar-refractivity contribution is 5.23. The molecule has 3 unspecified atom stereocenters. The highest BCUT2D eigenvalue weighted by atomic mass is 15.2. The van der Waals surface area contributed by atoms with Crippen molar-refractivity contribution >= 4 is 0 Å². The molecule has 0 saturated heterocycles. The molecule has 1 saturated carbocycles. The van der Waals surface area contributed by atoms with Crippen molar-refractivity contribution < 1.29 is 0 Å². The Morgan fingerprint density at radius 2 is 1.94 bits per heavy atom. The Morgan fingerprint density at radius 3 is 2.50 bits per heavy atom. The number of nitrogens with two attached hydrogens (primary N) is 1. The number of rotatable bonds is 3. The van der Waals surface area contributed by atoms with Gasteiger partial charge in [0.05, 0.1) is 0 Å². The third-order valence-corrected chi connectivity index (χ3v) is 4.64. The van der Waals surface area contributed by atoms with Crippen molar-refractivity contribution in [2.24, 2.45) is 11.7 Å². The summed E-state index contributed by atoms with van der Waals surface area (Å²) in [6.45, 7) is 2.36. The van der Waals surface area contributed by atoms with E-state index in [-0.39, 0.29) is 11.6 Å². The van der Waals surface area contributed by atoms with E-state index in [4.69, 9.17) is 5.73 Å². The lowest BCUT2D eigenvalue weighted by Crippen LogP contribution is -2.54. The molecule has 1 aromatic carbocycles. The van der Waals surface area contributed by atoms with E-state index in [1.165, 1.54) is 31.2 Å². The summed E-state index contributed by atoms with van der Waals surface area (Å²) in [6, 6.07) is 10.7. The fourth-order valence-corrected chi connectivity index (χ4v) is 3.50. The van der Waals surface area contributed by atoms with E-state index in [1.807, 2.05) is 0 Å². The topological polar surface area (TPSA) is 29.3 Å². The van der Waals surface area contributed by atoms with Gasteiger partial charge in [0.1, 0.15) is 0 Å². The summed E-state index contributed by atoms with van der Waals surface area (Å²) in [5.41, 5.74) is 8.01. The number of nitrogens with zero attached hydrogens (tertiary/aromatic N) is 1. The van der Waals surface area contributed by atoms with Crippen molar-refractivity contribution in [1.82, 2.24) is 4.90 Å². The molecule has 0 heterocycles. The van der Waals surface area contributed by atoms with Crippen LogP contribution in [-0.2, 0) is 0 Å².